The van der Waals surface area contributed by atoms with Gasteiger partial charge in [0.1, 0.15) is 17.1 Å². The van der Waals surface area contributed by atoms with Gasteiger partial charge < -0.3 is 20.2 Å². The van der Waals surface area contributed by atoms with Crippen LogP contribution < -0.4 is 10.6 Å². The van der Waals surface area contributed by atoms with Crippen LogP contribution in [0.2, 0.25) is 0 Å². The Morgan fingerprint density at radius 1 is 0.939 bits per heavy atom. The Hall–Kier alpha value is -5.14. The molecule has 7 rings (SSSR count). The van der Waals surface area contributed by atoms with E-state index in [-0.39, 0.29) is 12.6 Å². The number of hydrogen-bond acceptors (Lipinski definition) is 9. The van der Waals surface area contributed by atoms with Crippen LogP contribution in [-0.4, -0.2) is 50.7 Å². The monoisotopic (exact) mass is 651 g/mol. The van der Waals surface area contributed by atoms with Crippen molar-refractivity contribution in [3.8, 4) is 28.7 Å². The molecule has 1 aliphatic heterocycles. The Balaban J connectivity index is 1.18. The highest BCUT2D eigenvalue weighted by Gasteiger charge is 2.19. The van der Waals surface area contributed by atoms with Crippen LogP contribution in [0, 0.1) is 25.2 Å². The number of aromatic nitrogens is 3. The lowest BCUT2D eigenvalue weighted by atomic mass is 9.93. The zero-order valence-corrected chi connectivity index (χ0v) is 28.3. The summed E-state index contributed by atoms with van der Waals surface area (Å²) in [7, 11) is 0. The molecule has 1 fully saturated rings. The number of nitrogens with one attached hydrogen (secondary N) is 2. The number of oxazole rings is 1. The maximum atomic E-state index is 9.89. The van der Waals surface area contributed by atoms with Crippen molar-refractivity contribution < 1.29 is 9.52 Å². The van der Waals surface area contributed by atoms with Gasteiger partial charge in [-0.05, 0) is 116 Å². The molecule has 0 aliphatic carbocycles. The molecular formula is C40H41N7O2. The topological polar surface area (TPSA) is 123 Å². The first kappa shape index (κ1) is 32.4. The SMILES string of the molecule is Cc1c(Nc2nccc3cc(CN4CCCCC4)cnc23)cccc1-c1cccc(-c2nc3cc(CN[C@@H](C)CO)cc(C#N)c3o2)c1C. The molecule has 1 atom stereocenters. The molecule has 3 aromatic carbocycles. The first-order valence-electron chi connectivity index (χ1n) is 17.0. The number of rotatable bonds is 10. The molecule has 0 bridgehead atoms. The molecule has 0 spiro atoms. The van der Waals surface area contributed by atoms with E-state index in [1.54, 1.807) is 0 Å². The van der Waals surface area contributed by atoms with Crippen molar-refractivity contribution in [3.05, 3.63) is 101 Å². The van der Waals surface area contributed by atoms with Crippen LogP contribution in [0.15, 0.2) is 77.5 Å². The standard InChI is InChI=1S/C40H41N7O2/c1-25(24-48)43-21-28-17-31(20-41)38-36(19-28)46-40(49-38)34-11-7-9-32(26(34)2)33-10-8-12-35(27(33)3)45-39-37-30(13-14-42-39)18-29(22-44-37)23-47-15-5-4-6-16-47/h7-14,17-19,22,25,43,48H,4-6,15-16,21,23-24H2,1-3H3,(H,42,45)/t25-/m0/s1. The lowest BCUT2D eigenvalue weighted by Gasteiger charge is -2.26. The van der Waals surface area contributed by atoms with Crippen molar-refractivity contribution >= 4 is 33.5 Å². The van der Waals surface area contributed by atoms with Gasteiger partial charge in [0.25, 0.3) is 0 Å². The van der Waals surface area contributed by atoms with Crippen molar-refractivity contribution in [2.45, 2.75) is 59.2 Å². The fraction of sp³-hybridized carbons (Fsp3) is 0.300. The van der Waals surface area contributed by atoms with E-state index in [1.807, 2.05) is 49.6 Å². The minimum absolute atomic E-state index is 0.0343. The molecule has 1 aliphatic rings. The maximum Gasteiger partial charge on any atom is 0.227 e. The molecule has 6 aromatic rings. The summed E-state index contributed by atoms with van der Waals surface area (Å²) < 4.78 is 6.25. The van der Waals surface area contributed by atoms with Gasteiger partial charge in [-0.3, -0.25) is 9.88 Å². The molecule has 3 N–H and O–H groups in total. The van der Waals surface area contributed by atoms with Gasteiger partial charge >= 0.3 is 0 Å². The summed E-state index contributed by atoms with van der Waals surface area (Å²) in [6.07, 6.45) is 7.70. The third-order valence-corrected chi connectivity index (χ3v) is 9.55. The molecule has 248 valence electrons. The second-order valence-electron chi connectivity index (χ2n) is 13.1. The average molecular weight is 652 g/mol. The smallest absolute Gasteiger partial charge is 0.227 e. The molecule has 0 amide bonds. The van der Waals surface area contributed by atoms with E-state index < -0.39 is 0 Å². The van der Waals surface area contributed by atoms with E-state index >= 15 is 0 Å². The summed E-state index contributed by atoms with van der Waals surface area (Å²) >= 11 is 0. The lowest BCUT2D eigenvalue weighted by molar-refractivity contribution is 0.221. The van der Waals surface area contributed by atoms with Crippen molar-refractivity contribution in [2.24, 2.45) is 0 Å². The van der Waals surface area contributed by atoms with Gasteiger partial charge in [-0.1, -0.05) is 30.7 Å². The number of aliphatic hydroxyl groups excluding tert-OH is 1. The molecule has 3 aromatic heterocycles. The van der Waals surface area contributed by atoms with E-state index in [1.165, 1.54) is 24.8 Å². The van der Waals surface area contributed by atoms with Gasteiger partial charge in [0.05, 0.1) is 12.2 Å². The van der Waals surface area contributed by atoms with E-state index in [0.29, 0.717) is 29.1 Å². The summed E-state index contributed by atoms with van der Waals surface area (Å²) in [5.41, 5.74) is 10.6. The molecular weight excluding hydrogens is 610 g/mol. The number of nitriles is 1. The Bertz CT molecular complexity index is 2180. The first-order valence-corrected chi connectivity index (χ1v) is 17.0. The van der Waals surface area contributed by atoms with Crippen LogP contribution in [0.3, 0.4) is 0 Å². The number of pyridine rings is 2. The number of likely N-dealkylation sites (tertiary alicyclic amines) is 1. The van der Waals surface area contributed by atoms with Gasteiger partial charge in [0, 0.05) is 48.2 Å². The Morgan fingerprint density at radius 3 is 2.51 bits per heavy atom. The van der Waals surface area contributed by atoms with Crippen molar-refractivity contribution in [1.29, 1.82) is 5.26 Å². The number of hydrogen-bond donors (Lipinski definition) is 3. The van der Waals surface area contributed by atoms with E-state index in [0.717, 1.165) is 75.4 Å². The van der Waals surface area contributed by atoms with Crippen LogP contribution >= 0.6 is 0 Å². The first-order chi connectivity index (χ1) is 23.9. The van der Waals surface area contributed by atoms with Crippen molar-refractivity contribution in [2.75, 3.05) is 25.0 Å². The molecule has 9 nitrogen and oxygen atoms in total. The molecule has 1 saturated heterocycles. The van der Waals surface area contributed by atoms with Gasteiger partial charge in [-0.15, -0.1) is 0 Å². The van der Waals surface area contributed by atoms with Crippen LogP contribution in [0.4, 0.5) is 11.5 Å². The summed E-state index contributed by atoms with van der Waals surface area (Å²) in [5, 5.41) is 27.2. The quantitative estimate of drug-likeness (QED) is 0.136. The average Bonchev–Trinajstić information content (AvgIpc) is 3.56. The fourth-order valence-electron chi connectivity index (χ4n) is 6.76. The van der Waals surface area contributed by atoms with E-state index in [4.69, 9.17) is 14.4 Å². The largest absolute Gasteiger partial charge is 0.435 e. The minimum Gasteiger partial charge on any atom is -0.435 e. The van der Waals surface area contributed by atoms with Crippen LogP contribution in [-0.2, 0) is 13.1 Å². The summed E-state index contributed by atoms with van der Waals surface area (Å²) in [4.78, 5) is 16.9. The summed E-state index contributed by atoms with van der Waals surface area (Å²) in [6.45, 7) is 9.88. The predicted octanol–water partition coefficient (Wildman–Crippen LogP) is 7.79. The van der Waals surface area contributed by atoms with Gasteiger partial charge in [-0.25, -0.2) is 9.97 Å². The molecule has 9 heteroatoms. The van der Waals surface area contributed by atoms with Crippen LogP contribution in [0.1, 0.15) is 54.0 Å². The molecule has 49 heavy (non-hydrogen) atoms. The second-order valence-corrected chi connectivity index (χ2v) is 13.1. The minimum atomic E-state index is -0.0565. The third-order valence-electron chi connectivity index (χ3n) is 9.55. The number of anilines is 2. The highest BCUT2D eigenvalue weighted by atomic mass is 16.3. The number of fused-ring (bicyclic) bond motifs is 2. The zero-order valence-electron chi connectivity index (χ0n) is 28.3. The molecule has 0 saturated carbocycles. The highest BCUT2D eigenvalue weighted by Crippen LogP contribution is 2.37. The molecule has 0 radical (unpaired) electrons. The summed E-state index contributed by atoms with van der Waals surface area (Å²) in [5.74, 6) is 1.20. The van der Waals surface area contributed by atoms with Crippen LogP contribution in [0.5, 0.6) is 0 Å². The Kier molecular flexibility index (Phi) is 9.36. The fourth-order valence-corrected chi connectivity index (χ4v) is 6.76. The third kappa shape index (κ3) is 6.76. The molecule has 4 heterocycles. The zero-order chi connectivity index (χ0) is 33.9. The van der Waals surface area contributed by atoms with E-state index in [2.05, 4.69) is 70.8 Å². The Labute approximate surface area is 286 Å². The van der Waals surface area contributed by atoms with Crippen molar-refractivity contribution in [3.63, 3.8) is 0 Å². The van der Waals surface area contributed by atoms with Crippen molar-refractivity contribution in [1.82, 2.24) is 25.2 Å². The number of nitrogens with zero attached hydrogens (tertiary/aromatic N) is 5. The second kappa shape index (κ2) is 14.1. The predicted molar refractivity (Wildman–Crippen MR) is 194 cm³/mol. The maximum absolute atomic E-state index is 9.89. The summed E-state index contributed by atoms with van der Waals surface area (Å²) in [6, 6.07) is 22.6. The number of aliphatic hydroxyl groups is 1. The number of piperidine rings is 1. The van der Waals surface area contributed by atoms with Gasteiger partial charge in [0.2, 0.25) is 5.89 Å². The van der Waals surface area contributed by atoms with E-state index in [9.17, 15) is 10.4 Å². The lowest BCUT2D eigenvalue weighted by Crippen LogP contribution is -2.29. The normalized spacial score (nSPS) is 14.3. The molecule has 0 unspecified atom stereocenters. The number of benzene rings is 3. The highest BCUT2D eigenvalue weighted by molar-refractivity contribution is 5.91. The van der Waals surface area contributed by atoms with Gasteiger partial charge in [0.15, 0.2) is 11.4 Å². The Morgan fingerprint density at radius 2 is 1.71 bits per heavy atom. The van der Waals surface area contributed by atoms with Crippen LogP contribution in [0.25, 0.3) is 44.6 Å². The van der Waals surface area contributed by atoms with Gasteiger partial charge in [-0.2, -0.15) is 5.26 Å².